The molecular formula is C29H41BrN4O6. The molecule has 1 aromatic rings. The summed E-state index contributed by atoms with van der Waals surface area (Å²) in [5.41, 5.74) is -0.183. The summed E-state index contributed by atoms with van der Waals surface area (Å²) < 4.78 is 12.0. The number of halogens is 1. The van der Waals surface area contributed by atoms with Crippen molar-refractivity contribution in [3.05, 3.63) is 35.9 Å². The number of nitrogens with one attached hydrogen (secondary N) is 2. The van der Waals surface area contributed by atoms with E-state index in [1.54, 1.807) is 4.90 Å². The number of aliphatic hydroxyl groups excluding tert-OH is 1. The quantitative estimate of drug-likeness (QED) is 0.315. The van der Waals surface area contributed by atoms with Crippen molar-refractivity contribution in [3.63, 3.8) is 0 Å². The molecule has 3 N–H and O–H groups in total. The van der Waals surface area contributed by atoms with Crippen LogP contribution in [-0.4, -0.2) is 107 Å². The number of nitrogens with zero attached hydrogens (tertiary/aromatic N) is 2. The number of hydrogen-bond donors (Lipinski definition) is 3. The lowest BCUT2D eigenvalue weighted by atomic mass is 9.70. The topological polar surface area (TPSA) is 120 Å². The lowest BCUT2D eigenvalue weighted by Crippen LogP contribution is -2.59. The number of benzene rings is 1. The van der Waals surface area contributed by atoms with Gasteiger partial charge in [-0.1, -0.05) is 60.1 Å². The molecule has 10 nitrogen and oxygen atoms in total. The standard InChI is InChI=1S/C29H41BrN4O6/c1-18(2)14-20(17-35)34-25(27(37)31-8-9-33-10-12-39-13-11-33)29-15-21(30)24(40-29)22(23(29)28(34)38)26(36)32-16-19-6-4-3-5-7-19/h3-7,18,20-25,35H,8-17H2,1-2H3,(H,31,37)(H,32,36)/t20-,21?,22-,23+,24-,25?,29?/m1/s1. The maximum atomic E-state index is 14.2. The van der Waals surface area contributed by atoms with Crippen LogP contribution in [0.2, 0.25) is 0 Å². The molecular weight excluding hydrogens is 580 g/mol. The molecule has 0 aliphatic carbocycles. The lowest BCUT2D eigenvalue weighted by molar-refractivity contribution is -0.146. The van der Waals surface area contributed by atoms with E-state index < -0.39 is 35.6 Å². The number of carbonyl (C=O) groups is 3. The highest BCUT2D eigenvalue weighted by Crippen LogP contribution is 2.60. The van der Waals surface area contributed by atoms with Crippen molar-refractivity contribution in [2.45, 2.75) is 61.8 Å². The molecule has 3 amide bonds. The molecule has 220 valence electrons. The fraction of sp³-hybridized carbons (Fsp3) is 0.690. The first-order valence-corrected chi connectivity index (χ1v) is 15.3. The summed E-state index contributed by atoms with van der Waals surface area (Å²) in [4.78, 5) is 45.4. The van der Waals surface area contributed by atoms with Crippen LogP contribution in [0.5, 0.6) is 0 Å². The number of fused-ring (bicyclic) bond motifs is 1. The van der Waals surface area contributed by atoms with Crippen molar-refractivity contribution in [1.82, 2.24) is 20.4 Å². The second kappa shape index (κ2) is 12.4. The SMILES string of the molecule is CC(C)C[C@H](CO)N1C(=O)[C@@H]2[C@@H](C(=O)NCc3ccccc3)[C@@H]3OC2(CC3Br)C1C(=O)NCCN1CCOCC1. The molecule has 4 heterocycles. The molecule has 0 saturated carbocycles. The number of amides is 3. The zero-order valence-corrected chi connectivity index (χ0v) is 24.8. The van der Waals surface area contributed by atoms with E-state index in [4.69, 9.17) is 9.47 Å². The molecule has 1 spiro atoms. The van der Waals surface area contributed by atoms with Gasteiger partial charge in [-0.05, 0) is 24.3 Å². The van der Waals surface area contributed by atoms with Gasteiger partial charge in [0.2, 0.25) is 17.7 Å². The van der Waals surface area contributed by atoms with Crippen LogP contribution in [-0.2, 0) is 30.4 Å². The Balaban J connectivity index is 1.40. The van der Waals surface area contributed by atoms with Gasteiger partial charge >= 0.3 is 0 Å². The molecule has 7 atom stereocenters. The summed E-state index contributed by atoms with van der Waals surface area (Å²) >= 11 is 3.71. The molecule has 40 heavy (non-hydrogen) atoms. The van der Waals surface area contributed by atoms with Crippen LogP contribution in [0.4, 0.5) is 0 Å². The van der Waals surface area contributed by atoms with E-state index >= 15 is 0 Å². The molecule has 4 saturated heterocycles. The van der Waals surface area contributed by atoms with Gasteiger partial charge in [-0.15, -0.1) is 0 Å². The van der Waals surface area contributed by atoms with E-state index in [1.165, 1.54) is 0 Å². The van der Waals surface area contributed by atoms with E-state index in [-0.39, 0.29) is 35.1 Å². The van der Waals surface area contributed by atoms with Gasteiger partial charge in [0.05, 0.1) is 43.8 Å². The number of morpholine rings is 1. The molecule has 5 rings (SSSR count). The maximum Gasteiger partial charge on any atom is 0.245 e. The van der Waals surface area contributed by atoms with Gasteiger partial charge in [0.25, 0.3) is 0 Å². The van der Waals surface area contributed by atoms with E-state index in [0.717, 1.165) is 18.7 Å². The van der Waals surface area contributed by atoms with Crippen molar-refractivity contribution < 1.29 is 29.0 Å². The molecule has 4 fully saturated rings. The Labute approximate surface area is 244 Å². The molecule has 11 heteroatoms. The summed E-state index contributed by atoms with van der Waals surface area (Å²) in [6, 6.07) is 8.13. The Kier molecular flexibility index (Phi) is 9.16. The predicted molar refractivity (Wildman–Crippen MR) is 151 cm³/mol. The van der Waals surface area contributed by atoms with Crippen LogP contribution in [0.15, 0.2) is 30.3 Å². The molecule has 0 radical (unpaired) electrons. The zero-order valence-electron chi connectivity index (χ0n) is 23.3. The Hall–Kier alpha value is -2.05. The summed E-state index contributed by atoms with van der Waals surface area (Å²) in [5, 5.41) is 16.5. The highest BCUT2D eigenvalue weighted by Gasteiger charge is 2.77. The van der Waals surface area contributed by atoms with Crippen LogP contribution < -0.4 is 10.6 Å². The third kappa shape index (κ3) is 5.55. The van der Waals surface area contributed by atoms with Gasteiger partial charge in [0.15, 0.2) is 0 Å². The normalized spacial score (nSPS) is 32.4. The Bertz CT molecular complexity index is 1070. The first-order chi connectivity index (χ1) is 19.3. The highest BCUT2D eigenvalue weighted by molar-refractivity contribution is 9.09. The summed E-state index contributed by atoms with van der Waals surface area (Å²) in [6.45, 7) is 8.19. The minimum atomic E-state index is -1.14. The third-order valence-electron chi connectivity index (χ3n) is 8.77. The summed E-state index contributed by atoms with van der Waals surface area (Å²) in [5.74, 6) is -2.17. The number of carbonyl (C=O) groups excluding carboxylic acids is 3. The Morgan fingerprint density at radius 2 is 1.88 bits per heavy atom. The average Bonchev–Trinajstić information content (AvgIpc) is 3.54. The zero-order chi connectivity index (χ0) is 28.4. The van der Waals surface area contributed by atoms with Gasteiger partial charge < -0.3 is 30.1 Å². The van der Waals surface area contributed by atoms with E-state index in [9.17, 15) is 19.5 Å². The minimum absolute atomic E-state index is 0.176. The molecule has 2 bridgehead atoms. The largest absolute Gasteiger partial charge is 0.394 e. The van der Waals surface area contributed by atoms with Crippen molar-refractivity contribution in [2.24, 2.45) is 17.8 Å². The van der Waals surface area contributed by atoms with Gasteiger partial charge in [-0.3, -0.25) is 19.3 Å². The monoisotopic (exact) mass is 620 g/mol. The average molecular weight is 622 g/mol. The van der Waals surface area contributed by atoms with E-state index in [0.29, 0.717) is 45.7 Å². The second-order valence-electron chi connectivity index (χ2n) is 11.8. The van der Waals surface area contributed by atoms with Gasteiger partial charge in [0, 0.05) is 37.6 Å². The number of aliphatic hydroxyl groups is 1. The van der Waals surface area contributed by atoms with Crippen LogP contribution in [0.1, 0.15) is 32.3 Å². The van der Waals surface area contributed by atoms with E-state index in [2.05, 4.69) is 31.5 Å². The summed E-state index contributed by atoms with van der Waals surface area (Å²) in [6.07, 6.45) is 0.455. The fourth-order valence-electron chi connectivity index (χ4n) is 7.04. The molecule has 4 aliphatic heterocycles. The number of alkyl halides is 1. The number of ether oxygens (including phenoxy) is 2. The fourth-order valence-corrected chi connectivity index (χ4v) is 7.98. The molecule has 1 aromatic carbocycles. The lowest BCUT2D eigenvalue weighted by Gasteiger charge is -2.37. The van der Waals surface area contributed by atoms with Crippen LogP contribution in [0, 0.1) is 17.8 Å². The highest BCUT2D eigenvalue weighted by atomic mass is 79.9. The van der Waals surface area contributed by atoms with Gasteiger partial charge in [-0.25, -0.2) is 0 Å². The van der Waals surface area contributed by atoms with Crippen molar-refractivity contribution >= 4 is 33.7 Å². The smallest absolute Gasteiger partial charge is 0.245 e. The molecule has 0 aromatic heterocycles. The molecule has 4 aliphatic rings. The molecule has 3 unspecified atom stereocenters. The Morgan fingerprint density at radius 3 is 2.55 bits per heavy atom. The van der Waals surface area contributed by atoms with Gasteiger partial charge in [0.1, 0.15) is 11.6 Å². The number of rotatable bonds is 11. The maximum absolute atomic E-state index is 14.2. The number of likely N-dealkylation sites (tertiary alicyclic amines) is 1. The Morgan fingerprint density at radius 1 is 1.15 bits per heavy atom. The van der Waals surface area contributed by atoms with Crippen molar-refractivity contribution in [2.75, 3.05) is 46.0 Å². The number of hydrogen-bond acceptors (Lipinski definition) is 7. The van der Waals surface area contributed by atoms with Crippen LogP contribution >= 0.6 is 15.9 Å². The first kappa shape index (κ1) is 29.4. The van der Waals surface area contributed by atoms with Gasteiger partial charge in [-0.2, -0.15) is 0 Å². The first-order valence-electron chi connectivity index (χ1n) is 14.4. The van der Waals surface area contributed by atoms with E-state index in [1.807, 2.05) is 44.2 Å². The summed E-state index contributed by atoms with van der Waals surface area (Å²) in [7, 11) is 0. The van der Waals surface area contributed by atoms with Crippen molar-refractivity contribution in [3.8, 4) is 0 Å². The second-order valence-corrected chi connectivity index (χ2v) is 13.0. The van der Waals surface area contributed by atoms with Crippen LogP contribution in [0.3, 0.4) is 0 Å². The third-order valence-corrected chi connectivity index (χ3v) is 9.61. The predicted octanol–water partition coefficient (Wildman–Crippen LogP) is 0.906. The van der Waals surface area contributed by atoms with Crippen molar-refractivity contribution in [1.29, 1.82) is 0 Å². The van der Waals surface area contributed by atoms with Crippen LogP contribution in [0.25, 0.3) is 0 Å². The minimum Gasteiger partial charge on any atom is -0.394 e.